The lowest BCUT2D eigenvalue weighted by Gasteiger charge is -2.29. The van der Waals surface area contributed by atoms with E-state index in [1.807, 2.05) is 0 Å². The summed E-state index contributed by atoms with van der Waals surface area (Å²) in [5.41, 5.74) is 1.48. The van der Waals surface area contributed by atoms with E-state index in [4.69, 9.17) is 0 Å². The predicted octanol–water partition coefficient (Wildman–Crippen LogP) is 6.55. The maximum absolute atomic E-state index is 4.52. The first-order chi connectivity index (χ1) is 9.95. The predicted molar refractivity (Wildman–Crippen MR) is 98.7 cm³/mol. The van der Waals surface area contributed by atoms with E-state index < -0.39 is 8.07 Å². The van der Waals surface area contributed by atoms with Gasteiger partial charge in [-0.3, -0.25) is 0 Å². The maximum Gasteiger partial charge on any atom is 0.0724 e. The van der Waals surface area contributed by atoms with Crippen LogP contribution in [0.1, 0.15) is 37.7 Å². The van der Waals surface area contributed by atoms with Crippen molar-refractivity contribution in [1.29, 1.82) is 0 Å². The second-order valence-corrected chi connectivity index (χ2v) is 12.2. The highest BCUT2D eigenvalue weighted by atomic mass is 28.3. The molecule has 0 saturated carbocycles. The molecule has 0 saturated heterocycles. The molecule has 0 aliphatic heterocycles. The quantitative estimate of drug-likeness (QED) is 0.530. The Bertz CT molecular complexity index is 614. The van der Waals surface area contributed by atoms with Crippen LogP contribution in [0.5, 0.6) is 0 Å². The SMILES string of the molecule is C=C(C(CCCC)c1cccc2ccccc12)[Si](C)(C)C. The van der Waals surface area contributed by atoms with Crippen LogP contribution in [0.3, 0.4) is 0 Å². The molecule has 0 bridgehead atoms. The van der Waals surface area contributed by atoms with Crippen molar-refractivity contribution >= 4 is 18.8 Å². The second kappa shape index (κ2) is 6.61. The number of hydrogen-bond acceptors (Lipinski definition) is 0. The smallest absolute Gasteiger partial charge is 0.0724 e. The molecular formula is C20H28Si. The van der Waals surface area contributed by atoms with Crippen LogP contribution < -0.4 is 0 Å². The Kier molecular flexibility index (Phi) is 5.05. The van der Waals surface area contributed by atoms with Gasteiger partial charge in [0, 0.05) is 5.92 Å². The second-order valence-electron chi connectivity index (χ2n) is 7.04. The normalized spacial score (nSPS) is 13.3. The van der Waals surface area contributed by atoms with E-state index in [0.29, 0.717) is 5.92 Å². The summed E-state index contributed by atoms with van der Waals surface area (Å²) in [5, 5.41) is 4.24. The van der Waals surface area contributed by atoms with E-state index in [0.717, 1.165) is 0 Å². The molecule has 0 nitrogen and oxygen atoms in total. The van der Waals surface area contributed by atoms with Crippen LogP contribution in [0.2, 0.25) is 19.6 Å². The molecule has 1 atom stereocenters. The molecule has 1 heteroatoms. The molecule has 0 aromatic heterocycles. The minimum atomic E-state index is -1.34. The molecule has 0 heterocycles. The van der Waals surface area contributed by atoms with Crippen molar-refractivity contribution in [3.05, 3.63) is 59.8 Å². The van der Waals surface area contributed by atoms with E-state index in [1.165, 1.54) is 40.8 Å². The molecule has 1 unspecified atom stereocenters. The molecule has 0 aliphatic rings. The summed E-state index contributed by atoms with van der Waals surface area (Å²) in [4.78, 5) is 0. The fraction of sp³-hybridized carbons (Fsp3) is 0.400. The highest BCUT2D eigenvalue weighted by molar-refractivity contribution is 6.83. The first-order valence-electron chi connectivity index (χ1n) is 8.12. The molecule has 0 radical (unpaired) electrons. The van der Waals surface area contributed by atoms with Crippen molar-refractivity contribution in [1.82, 2.24) is 0 Å². The van der Waals surface area contributed by atoms with E-state index in [-0.39, 0.29) is 0 Å². The molecule has 0 N–H and O–H groups in total. The summed E-state index contributed by atoms with van der Waals surface area (Å²) in [7, 11) is -1.34. The standard InChI is InChI=1S/C20H28Si/c1-6-7-13-18(16(2)21(3,4)5)20-15-10-12-17-11-8-9-14-19(17)20/h8-12,14-15,18H,2,6-7,13H2,1,3-5H3. The molecule has 2 aromatic carbocycles. The summed E-state index contributed by atoms with van der Waals surface area (Å²) < 4.78 is 0. The van der Waals surface area contributed by atoms with Crippen LogP contribution in [-0.4, -0.2) is 8.07 Å². The van der Waals surface area contributed by atoms with Gasteiger partial charge in [0.25, 0.3) is 0 Å². The molecular weight excluding hydrogens is 268 g/mol. The van der Waals surface area contributed by atoms with Crippen LogP contribution in [-0.2, 0) is 0 Å². The Labute approximate surface area is 130 Å². The number of allylic oxidation sites excluding steroid dienone is 1. The van der Waals surface area contributed by atoms with Gasteiger partial charge in [-0.05, 0) is 22.8 Å². The van der Waals surface area contributed by atoms with Gasteiger partial charge in [-0.15, -0.1) is 6.58 Å². The van der Waals surface area contributed by atoms with Gasteiger partial charge in [-0.1, -0.05) is 87.1 Å². The van der Waals surface area contributed by atoms with Gasteiger partial charge < -0.3 is 0 Å². The Hall–Kier alpha value is -1.34. The Morgan fingerprint density at radius 2 is 1.71 bits per heavy atom. The first kappa shape index (κ1) is 16.0. The number of benzene rings is 2. The van der Waals surface area contributed by atoms with Crippen molar-refractivity contribution in [3.63, 3.8) is 0 Å². The lowest BCUT2D eigenvalue weighted by Crippen LogP contribution is -2.27. The van der Waals surface area contributed by atoms with Crippen LogP contribution >= 0.6 is 0 Å². The molecule has 2 aromatic rings. The van der Waals surface area contributed by atoms with E-state index in [9.17, 15) is 0 Å². The third kappa shape index (κ3) is 3.65. The fourth-order valence-corrected chi connectivity index (χ4v) is 4.35. The third-order valence-electron chi connectivity index (χ3n) is 4.43. The lowest BCUT2D eigenvalue weighted by molar-refractivity contribution is 0.658. The fourth-order valence-electron chi connectivity index (χ4n) is 3.00. The van der Waals surface area contributed by atoms with Crippen LogP contribution in [0.25, 0.3) is 10.8 Å². The number of rotatable bonds is 6. The van der Waals surface area contributed by atoms with Crippen LogP contribution in [0, 0.1) is 0 Å². The summed E-state index contributed by atoms with van der Waals surface area (Å²) in [5.74, 6) is 0.516. The molecule has 21 heavy (non-hydrogen) atoms. The van der Waals surface area contributed by atoms with Gasteiger partial charge >= 0.3 is 0 Å². The molecule has 0 fully saturated rings. The molecule has 0 aliphatic carbocycles. The topological polar surface area (TPSA) is 0 Å². The largest absolute Gasteiger partial charge is 0.103 e. The zero-order chi connectivity index (χ0) is 15.5. The van der Waals surface area contributed by atoms with Crippen molar-refractivity contribution < 1.29 is 0 Å². The zero-order valence-corrected chi connectivity index (χ0v) is 14.9. The maximum atomic E-state index is 4.52. The highest BCUT2D eigenvalue weighted by Crippen LogP contribution is 2.37. The highest BCUT2D eigenvalue weighted by Gasteiger charge is 2.26. The average Bonchev–Trinajstić information content (AvgIpc) is 2.46. The molecule has 2 rings (SSSR count). The average molecular weight is 297 g/mol. The van der Waals surface area contributed by atoms with Gasteiger partial charge in [0.1, 0.15) is 0 Å². The Morgan fingerprint density at radius 3 is 2.38 bits per heavy atom. The van der Waals surface area contributed by atoms with Gasteiger partial charge in [0.15, 0.2) is 0 Å². The van der Waals surface area contributed by atoms with Crippen molar-refractivity contribution in [3.8, 4) is 0 Å². The van der Waals surface area contributed by atoms with Crippen molar-refractivity contribution in [2.45, 2.75) is 51.7 Å². The van der Waals surface area contributed by atoms with Crippen LogP contribution in [0.4, 0.5) is 0 Å². The Morgan fingerprint density at radius 1 is 1.05 bits per heavy atom. The number of unbranched alkanes of at least 4 members (excludes halogenated alkanes) is 1. The van der Waals surface area contributed by atoms with Crippen molar-refractivity contribution in [2.24, 2.45) is 0 Å². The van der Waals surface area contributed by atoms with Gasteiger partial charge in [-0.25, -0.2) is 0 Å². The van der Waals surface area contributed by atoms with Gasteiger partial charge in [-0.2, -0.15) is 0 Å². The minimum Gasteiger partial charge on any atom is -0.103 e. The van der Waals surface area contributed by atoms with E-state index >= 15 is 0 Å². The Balaban J connectivity index is 2.51. The lowest BCUT2D eigenvalue weighted by atomic mass is 9.89. The summed E-state index contributed by atoms with van der Waals surface area (Å²) >= 11 is 0. The number of hydrogen-bond donors (Lipinski definition) is 0. The zero-order valence-electron chi connectivity index (χ0n) is 13.9. The van der Waals surface area contributed by atoms with Crippen LogP contribution in [0.15, 0.2) is 54.2 Å². The first-order valence-corrected chi connectivity index (χ1v) is 11.6. The number of fused-ring (bicyclic) bond motifs is 1. The monoisotopic (exact) mass is 296 g/mol. The molecule has 112 valence electrons. The third-order valence-corrected chi connectivity index (χ3v) is 6.70. The van der Waals surface area contributed by atoms with Crippen molar-refractivity contribution in [2.75, 3.05) is 0 Å². The molecule has 0 amide bonds. The van der Waals surface area contributed by atoms with E-state index in [2.05, 4.69) is 75.6 Å². The van der Waals surface area contributed by atoms with E-state index in [1.54, 1.807) is 0 Å². The summed E-state index contributed by atoms with van der Waals surface area (Å²) in [6.45, 7) is 14.0. The molecule has 0 spiro atoms. The van der Waals surface area contributed by atoms with Gasteiger partial charge in [0.05, 0.1) is 8.07 Å². The minimum absolute atomic E-state index is 0.516. The van der Waals surface area contributed by atoms with Gasteiger partial charge in [0.2, 0.25) is 0 Å². The summed E-state index contributed by atoms with van der Waals surface area (Å²) in [6, 6.07) is 15.5. The summed E-state index contributed by atoms with van der Waals surface area (Å²) in [6.07, 6.45) is 3.76.